The number of carbonyl (C=O) groups excluding carboxylic acids is 1. The zero-order valence-electron chi connectivity index (χ0n) is 21.5. The molecule has 1 aliphatic heterocycles. The van der Waals surface area contributed by atoms with Crippen LogP contribution >= 0.6 is 0 Å². The van der Waals surface area contributed by atoms with Crippen LogP contribution < -0.4 is 10.5 Å². The topological polar surface area (TPSA) is 102 Å². The summed E-state index contributed by atoms with van der Waals surface area (Å²) in [6.07, 6.45) is 3.84. The minimum atomic E-state index is -0.835. The van der Waals surface area contributed by atoms with Crippen molar-refractivity contribution in [1.29, 1.82) is 0 Å². The third-order valence-corrected chi connectivity index (χ3v) is 7.25. The fourth-order valence-corrected chi connectivity index (χ4v) is 5.06. The average Bonchev–Trinajstić information content (AvgIpc) is 3.54. The Balaban J connectivity index is 1.29. The number of nitrogen functional groups attached to an aromatic ring is 1. The lowest BCUT2D eigenvalue weighted by molar-refractivity contribution is 0.103. The highest BCUT2D eigenvalue weighted by molar-refractivity contribution is 6.12. The predicted molar refractivity (Wildman–Crippen MR) is 143 cm³/mol. The summed E-state index contributed by atoms with van der Waals surface area (Å²) >= 11 is 0. The van der Waals surface area contributed by atoms with Gasteiger partial charge in [0.2, 0.25) is 17.4 Å². The second-order valence-corrected chi connectivity index (χ2v) is 9.61. The van der Waals surface area contributed by atoms with Crippen LogP contribution in [0.25, 0.3) is 16.6 Å². The number of halogens is 2. The molecule has 0 spiro atoms. The number of aromatic nitrogens is 4. The summed E-state index contributed by atoms with van der Waals surface area (Å²) in [6, 6.07) is 11.0. The average molecular weight is 529 g/mol. The lowest BCUT2D eigenvalue weighted by Crippen LogP contribution is -2.30. The zero-order valence-corrected chi connectivity index (χ0v) is 21.5. The van der Waals surface area contributed by atoms with Gasteiger partial charge in [-0.15, -0.1) is 0 Å². The van der Waals surface area contributed by atoms with E-state index in [0.717, 1.165) is 49.1 Å². The largest absolute Gasteiger partial charge is 0.433 e. The number of ether oxygens (including phenoxy) is 1. The molecule has 3 N–H and O–H groups in total. The highest BCUT2D eigenvalue weighted by atomic mass is 19.1. The summed E-state index contributed by atoms with van der Waals surface area (Å²) < 4.78 is 34.7. The Hall–Kier alpha value is -4.57. The van der Waals surface area contributed by atoms with Crippen LogP contribution in [0.4, 0.5) is 14.6 Å². The van der Waals surface area contributed by atoms with Gasteiger partial charge in [0.25, 0.3) is 0 Å². The number of aryl methyl sites for hydroxylation is 1. The first-order chi connectivity index (χ1) is 18.8. The maximum atomic E-state index is 14.0. The van der Waals surface area contributed by atoms with Gasteiger partial charge >= 0.3 is 0 Å². The molecule has 4 heterocycles. The van der Waals surface area contributed by atoms with Crippen LogP contribution in [0.15, 0.2) is 54.9 Å². The normalized spacial score (nSPS) is 13.5. The summed E-state index contributed by atoms with van der Waals surface area (Å²) in [5, 5.41) is 5.37. The number of aromatic amines is 1. The van der Waals surface area contributed by atoms with Crippen LogP contribution in [0.1, 0.15) is 39.7 Å². The number of anilines is 1. The highest BCUT2D eigenvalue weighted by Gasteiger charge is 2.23. The molecule has 0 atom stereocenters. The number of rotatable bonds is 6. The van der Waals surface area contributed by atoms with Crippen LogP contribution in [-0.4, -0.2) is 43.5 Å². The summed E-state index contributed by atoms with van der Waals surface area (Å²) in [7, 11) is 0. The van der Waals surface area contributed by atoms with E-state index in [-0.39, 0.29) is 23.0 Å². The van der Waals surface area contributed by atoms with Gasteiger partial charge in [0.1, 0.15) is 5.82 Å². The number of hydrogen-bond acceptors (Lipinski definition) is 6. The fraction of sp³-hybridized carbons (Fsp3) is 0.207. The first kappa shape index (κ1) is 24.7. The second kappa shape index (κ2) is 9.63. The number of carbonyl (C=O) groups is 1. The predicted octanol–water partition coefficient (Wildman–Crippen LogP) is 5.32. The Morgan fingerprint density at radius 1 is 1.15 bits per heavy atom. The summed E-state index contributed by atoms with van der Waals surface area (Å²) in [4.78, 5) is 23.3. The fourth-order valence-electron chi connectivity index (χ4n) is 5.06. The van der Waals surface area contributed by atoms with Gasteiger partial charge in [-0.25, -0.2) is 18.4 Å². The van der Waals surface area contributed by atoms with Gasteiger partial charge in [-0.2, -0.15) is 5.10 Å². The molecule has 1 aliphatic rings. The van der Waals surface area contributed by atoms with Gasteiger partial charge < -0.3 is 15.5 Å². The number of benzene rings is 2. The summed E-state index contributed by atoms with van der Waals surface area (Å²) in [5.74, 6) is -2.32. The molecule has 0 radical (unpaired) electrons. The minimum absolute atomic E-state index is 0.00493. The van der Waals surface area contributed by atoms with Gasteiger partial charge in [0.05, 0.1) is 29.3 Å². The molecule has 198 valence electrons. The molecule has 10 heteroatoms. The molecule has 0 aliphatic carbocycles. The Kier molecular flexibility index (Phi) is 6.11. The molecule has 6 rings (SSSR count). The number of ketones is 1. The van der Waals surface area contributed by atoms with E-state index in [2.05, 4.69) is 33.0 Å². The van der Waals surface area contributed by atoms with Crippen molar-refractivity contribution >= 4 is 22.5 Å². The molecule has 0 fully saturated rings. The molecular formula is C29H26F2N6O2. The van der Waals surface area contributed by atoms with E-state index in [1.165, 1.54) is 40.3 Å². The molecule has 0 saturated heterocycles. The molecule has 0 bridgehead atoms. The molecule has 0 saturated carbocycles. The number of nitrogens with one attached hydrogen (secondary N) is 1. The van der Waals surface area contributed by atoms with Crippen molar-refractivity contribution in [2.75, 3.05) is 18.8 Å². The maximum Gasteiger partial charge on any atom is 0.219 e. The Morgan fingerprint density at radius 2 is 1.95 bits per heavy atom. The van der Waals surface area contributed by atoms with Crippen LogP contribution in [0.2, 0.25) is 0 Å². The number of nitrogens with two attached hydrogens (primary N) is 1. The number of hydrogen-bond donors (Lipinski definition) is 2. The summed E-state index contributed by atoms with van der Waals surface area (Å²) in [5.41, 5.74) is 11.7. The lowest BCUT2D eigenvalue weighted by Gasteiger charge is -2.28. The molecule has 8 nitrogen and oxygen atoms in total. The quantitative estimate of drug-likeness (QED) is 0.289. The van der Waals surface area contributed by atoms with Crippen molar-refractivity contribution in [3.05, 3.63) is 94.4 Å². The minimum Gasteiger partial charge on any atom is -0.433 e. The van der Waals surface area contributed by atoms with E-state index in [0.29, 0.717) is 16.9 Å². The van der Waals surface area contributed by atoms with E-state index < -0.39 is 17.4 Å². The Morgan fingerprint density at radius 3 is 2.69 bits per heavy atom. The second-order valence-electron chi connectivity index (χ2n) is 9.61. The van der Waals surface area contributed by atoms with Gasteiger partial charge in [-0.1, -0.05) is 19.1 Å². The van der Waals surface area contributed by atoms with Crippen molar-refractivity contribution in [2.24, 2.45) is 0 Å². The van der Waals surface area contributed by atoms with Crippen LogP contribution in [0.3, 0.4) is 0 Å². The molecule has 2 aromatic carbocycles. The van der Waals surface area contributed by atoms with E-state index >= 15 is 0 Å². The third kappa shape index (κ3) is 4.32. The van der Waals surface area contributed by atoms with Crippen molar-refractivity contribution in [3.63, 3.8) is 0 Å². The monoisotopic (exact) mass is 528 g/mol. The Labute approximate surface area is 223 Å². The van der Waals surface area contributed by atoms with Gasteiger partial charge in [-0.3, -0.25) is 9.69 Å². The van der Waals surface area contributed by atoms with Crippen LogP contribution in [0, 0.1) is 18.6 Å². The number of pyridine rings is 1. The molecule has 39 heavy (non-hydrogen) atoms. The zero-order chi connectivity index (χ0) is 27.3. The van der Waals surface area contributed by atoms with E-state index in [1.54, 1.807) is 6.92 Å². The van der Waals surface area contributed by atoms with E-state index in [9.17, 15) is 13.6 Å². The number of H-pyrrole nitrogens is 1. The van der Waals surface area contributed by atoms with Crippen LogP contribution in [0.5, 0.6) is 11.6 Å². The molecule has 5 aromatic rings. The van der Waals surface area contributed by atoms with Crippen molar-refractivity contribution in [2.45, 2.75) is 26.8 Å². The highest BCUT2D eigenvalue weighted by Crippen LogP contribution is 2.31. The van der Waals surface area contributed by atoms with E-state index in [1.807, 2.05) is 12.1 Å². The third-order valence-electron chi connectivity index (χ3n) is 7.25. The summed E-state index contributed by atoms with van der Waals surface area (Å²) in [6.45, 7) is 6.76. The standard InChI is InChI=1S/C29H26F2N6O2/c1-3-36-10-9-17-7-8-23-18(20(17)15-36)12-24(35-23)27(38)19-13-34-37(29(19)32)25-14-33-26(11-16(25)2)39-28-21(30)5-4-6-22(28)31/h4-8,11-14,35H,3,9-10,15,32H2,1-2H3. The number of nitrogens with zero attached hydrogens (tertiary/aromatic N) is 4. The smallest absolute Gasteiger partial charge is 0.219 e. The molecule has 0 unspecified atom stereocenters. The maximum absolute atomic E-state index is 14.0. The number of likely N-dealkylation sites (N-methyl/N-ethyl adjacent to an activating group) is 1. The van der Waals surface area contributed by atoms with E-state index in [4.69, 9.17) is 10.5 Å². The van der Waals surface area contributed by atoms with Crippen molar-refractivity contribution < 1.29 is 18.3 Å². The van der Waals surface area contributed by atoms with Crippen molar-refractivity contribution in [1.82, 2.24) is 24.6 Å². The number of fused-ring (bicyclic) bond motifs is 3. The molecule has 0 amide bonds. The lowest BCUT2D eigenvalue weighted by atomic mass is 9.96. The number of para-hydroxylation sites is 1. The molecule has 3 aromatic heterocycles. The van der Waals surface area contributed by atoms with Gasteiger partial charge in [0.15, 0.2) is 11.6 Å². The molecular weight excluding hydrogens is 502 g/mol. The first-order valence-electron chi connectivity index (χ1n) is 12.7. The van der Waals surface area contributed by atoms with Crippen LogP contribution in [-0.2, 0) is 13.0 Å². The Bertz CT molecular complexity index is 1720. The first-order valence-corrected chi connectivity index (χ1v) is 12.7. The SMILES string of the molecule is CCN1CCc2ccc3[nH]c(C(=O)c4cnn(-c5cnc(Oc6c(F)cccc6F)cc5C)c4N)cc3c2C1. The van der Waals surface area contributed by atoms with Crippen molar-refractivity contribution in [3.8, 4) is 17.3 Å². The van der Waals surface area contributed by atoms with Gasteiger partial charge in [-0.05, 0) is 60.8 Å². The van der Waals surface area contributed by atoms with Gasteiger partial charge in [0, 0.05) is 30.1 Å².